The van der Waals surface area contributed by atoms with Crippen LogP contribution in [0.3, 0.4) is 0 Å². The number of nitrogens with zero attached hydrogens (tertiary/aromatic N) is 1. The van der Waals surface area contributed by atoms with E-state index in [4.69, 9.17) is 4.42 Å². The molecule has 0 fully saturated rings. The number of aryl methyl sites for hydroxylation is 1. The Morgan fingerprint density at radius 1 is 1.13 bits per heavy atom. The average Bonchev–Trinajstić information content (AvgIpc) is 2.77. The Bertz CT molecular complexity index is 1340. The van der Waals surface area contributed by atoms with Gasteiger partial charge in [0.25, 0.3) is 0 Å². The van der Waals surface area contributed by atoms with E-state index in [0.717, 1.165) is 16.7 Å². The maximum Gasteiger partial charge on any atom is 0.337 e. The molecule has 2 N–H and O–H groups in total. The molecule has 2 heterocycles. The van der Waals surface area contributed by atoms with Gasteiger partial charge >= 0.3 is 5.97 Å². The molecule has 6 nitrogen and oxygen atoms in total. The number of benzene rings is 2. The van der Waals surface area contributed by atoms with Gasteiger partial charge < -0.3 is 14.8 Å². The largest absolute Gasteiger partial charge is 0.478 e. The Hall–Kier alpha value is -3.93. The molecule has 0 aliphatic rings. The van der Waals surface area contributed by atoms with Crippen molar-refractivity contribution in [1.29, 1.82) is 0 Å². The van der Waals surface area contributed by atoms with Crippen molar-refractivity contribution in [3.63, 3.8) is 0 Å². The van der Waals surface area contributed by atoms with Crippen molar-refractivity contribution in [3.05, 3.63) is 93.4 Å². The normalized spacial score (nSPS) is 12.0. The fourth-order valence-electron chi connectivity index (χ4n) is 3.77. The van der Waals surface area contributed by atoms with Crippen LogP contribution in [0.2, 0.25) is 0 Å². The molecule has 2 aromatic carbocycles. The van der Waals surface area contributed by atoms with Crippen LogP contribution in [0.25, 0.3) is 22.3 Å². The Kier molecular flexibility index (Phi) is 5.29. The van der Waals surface area contributed by atoms with E-state index in [1.165, 1.54) is 0 Å². The van der Waals surface area contributed by atoms with Crippen LogP contribution in [0.5, 0.6) is 0 Å². The molecule has 31 heavy (non-hydrogen) atoms. The van der Waals surface area contributed by atoms with Crippen LogP contribution in [0.1, 0.15) is 40.0 Å². The van der Waals surface area contributed by atoms with Crippen molar-refractivity contribution >= 4 is 22.6 Å². The highest BCUT2D eigenvalue weighted by Crippen LogP contribution is 2.32. The first kappa shape index (κ1) is 20.3. The molecule has 0 spiro atoms. The predicted octanol–water partition coefficient (Wildman–Crippen LogP) is 5.34. The molecule has 4 aromatic rings. The Morgan fingerprint density at radius 2 is 1.90 bits per heavy atom. The highest BCUT2D eigenvalue weighted by Gasteiger charge is 2.20. The second-order valence-electron chi connectivity index (χ2n) is 7.57. The molecule has 2 aromatic heterocycles. The first-order valence-electron chi connectivity index (χ1n) is 9.94. The molecule has 0 saturated heterocycles. The van der Waals surface area contributed by atoms with Crippen molar-refractivity contribution in [3.8, 4) is 11.3 Å². The van der Waals surface area contributed by atoms with Gasteiger partial charge in [0, 0.05) is 34.8 Å². The van der Waals surface area contributed by atoms with Crippen molar-refractivity contribution in [2.75, 3.05) is 5.32 Å². The van der Waals surface area contributed by atoms with E-state index in [2.05, 4.69) is 10.3 Å². The summed E-state index contributed by atoms with van der Waals surface area (Å²) in [7, 11) is 0. The number of rotatable bonds is 5. The summed E-state index contributed by atoms with van der Waals surface area (Å²) in [5.74, 6) is -0.528. The quantitative estimate of drug-likeness (QED) is 0.458. The lowest BCUT2D eigenvalue weighted by Gasteiger charge is -2.20. The van der Waals surface area contributed by atoms with Gasteiger partial charge in [0.15, 0.2) is 5.43 Å². The number of carboxylic acid groups (broad SMARTS) is 1. The number of para-hydroxylation sites is 1. The minimum absolute atomic E-state index is 0.0943. The molecule has 0 radical (unpaired) electrons. The number of nitrogens with one attached hydrogen (secondary N) is 1. The Labute approximate surface area is 179 Å². The molecule has 0 aliphatic carbocycles. The van der Waals surface area contributed by atoms with Gasteiger partial charge in [0.1, 0.15) is 11.3 Å². The number of aromatic carboxylic acids is 1. The molecule has 0 saturated carbocycles. The topological polar surface area (TPSA) is 92.4 Å². The molecule has 1 atom stereocenters. The second kappa shape index (κ2) is 8.07. The first-order valence-corrected chi connectivity index (χ1v) is 9.94. The standard InChI is InChI=1S/C25H22N2O4/c1-14-11-19(16(3)27-21-9-5-4-8-18(21)25(29)30)24-20(12-14)22(28)15(2)23(31-24)17-7-6-10-26-13-17/h4-13,16,27H,1-3H3,(H,29,30). The smallest absolute Gasteiger partial charge is 0.337 e. The molecule has 0 bridgehead atoms. The van der Waals surface area contributed by atoms with Gasteiger partial charge in [-0.3, -0.25) is 9.78 Å². The van der Waals surface area contributed by atoms with Gasteiger partial charge in [-0.25, -0.2) is 4.79 Å². The van der Waals surface area contributed by atoms with Crippen molar-refractivity contribution in [1.82, 2.24) is 4.98 Å². The molecular weight excluding hydrogens is 392 g/mol. The van der Waals surface area contributed by atoms with E-state index in [-0.39, 0.29) is 17.0 Å². The van der Waals surface area contributed by atoms with Gasteiger partial charge in [-0.1, -0.05) is 18.2 Å². The zero-order valence-electron chi connectivity index (χ0n) is 17.5. The summed E-state index contributed by atoms with van der Waals surface area (Å²) in [4.78, 5) is 28.9. The van der Waals surface area contributed by atoms with Gasteiger partial charge in [-0.2, -0.15) is 0 Å². The third-order valence-corrected chi connectivity index (χ3v) is 5.31. The zero-order chi connectivity index (χ0) is 22.1. The van der Waals surface area contributed by atoms with Gasteiger partial charge in [-0.15, -0.1) is 0 Å². The van der Waals surface area contributed by atoms with Crippen LogP contribution < -0.4 is 10.7 Å². The second-order valence-corrected chi connectivity index (χ2v) is 7.57. The summed E-state index contributed by atoms with van der Waals surface area (Å²) < 4.78 is 6.29. The van der Waals surface area contributed by atoms with Crippen molar-refractivity contribution in [2.24, 2.45) is 0 Å². The van der Waals surface area contributed by atoms with Crippen molar-refractivity contribution < 1.29 is 14.3 Å². The van der Waals surface area contributed by atoms with E-state index >= 15 is 0 Å². The maximum absolute atomic E-state index is 13.2. The SMILES string of the molecule is Cc1cc(C(C)Nc2ccccc2C(=O)O)c2oc(-c3cccnc3)c(C)c(=O)c2c1. The number of hydrogen-bond acceptors (Lipinski definition) is 5. The maximum atomic E-state index is 13.2. The Balaban J connectivity index is 1.89. The summed E-state index contributed by atoms with van der Waals surface area (Å²) in [5.41, 5.74) is 4.01. The summed E-state index contributed by atoms with van der Waals surface area (Å²) in [6.45, 7) is 5.58. The third-order valence-electron chi connectivity index (χ3n) is 5.31. The van der Waals surface area contributed by atoms with Crippen LogP contribution >= 0.6 is 0 Å². The Morgan fingerprint density at radius 3 is 2.61 bits per heavy atom. The van der Waals surface area contributed by atoms with Crippen LogP contribution in [0, 0.1) is 13.8 Å². The average molecular weight is 414 g/mol. The van der Waals surface area contributed by atoms with Gasteiger partial charge in [0.2, 0.25) is 0 Å². The number of fused-ring (bicyclic) bond motifs is 1. The fraction of sp³-hybridized carbons (Fsp3) is 0.160. The third kappa shape index (κ3) is 3.80. The van der Waals surface area contributed by atoms with Gasteiger partial charge in [-0.05, 0) is 56.7 Å². The molecule has 6 heteroatoms. The molecule has 1 unspecified atom stereocenters. The summed E-state index contributed by atoms with van der Waals surface area (Å²) in [5, 5.41) is 13.3. The highest BCUT2D eigenvalue weighted by atomic mass is 16.4. The number of carboxylic acids is 1. The van der Waals surface area contributed by atoms with E-state index in [9.17, 15) is 14.7 Å². The van der Waals surface area contributed by atoms with Crippen LogP contribution in [0.4, 0.5) is 5.69 Å². The number of pyridine rings is 1. The van der Waals surface area contributed by atoms with E-state index in [1.54, 1.807) is 49.6 Å². The fourth-order valence-corrected chi connectivity index (χ4v) is 3.77. The highest BCUT2D eigenvalue weighted by molar-refractivity contribution is 5.94. The van der Waals surface area contributed by atoms with Crippen LogP contribution in [-0.2, 0) is 0 Å². The monoisotopic (exact) mass is 414 g/mol. The van der Waals surface area contributed by atoms with E-state index in [1.807, 2.05) is 32.0 Å². The first-order chi connectivity index (χ1) is 14.9. The molecular formula is C25H22N2O4. The molecule has 156 valence electrons. The minimum Gasteiger partial charge on any atom is -0.478 e. The van der Waals surface area contributed by atoms with E-state index < -0.39 is 5.97 Å². The predicted molar refractivity (Wildman–Crippen MR) is 121 cm³/mol. The van der Waals surface area contributed by atoms with Crippen molar-refractivity contribution in [2.45, 2.75) is 26.8 Å². The summed E-state index contributed by atoms with van der Waals surface area (Å²) in [6, 6.07) is 13.8. The molecule has 0 amide bonds. The lowest BCUT2D eigenvalue weighted by Crippen LogP contribution is -2.14. The minimum atomic E-state index is -1.01. The number of carbonyl (C=O) groups is 1. The molecule has 0 aliphatic heterocycles. The van der Waals surface area contributed by atoms with E-state index in [0.29, 0.717) is 28.0 Å². The number of anilines is 1. The van der Waals surface area contributed by atoms with Gasteiger partial charge in [0.05, 0.1) is 17.0 Å². The number of aromatic nitrogens is 1. The summed E-state index contributed by atoms with van der Waals surface area (Å²) >= 11 is 0. The lowest BCUT2D eigenvalue weighted by atomic mass is 9.99. The van der Waals surface area contributed by atoms with Crippen LogP contribution in [0.15, 0.2) is 70.1 Å². The molecule has 4 rings (SSSR count). The number of hydrogen-bond donors (Lipinski definition) is 2. The lowest BCUT2D eigenvalue weighted by molar-refractivity contribution is 0.0698. The zero-order valence-corrected chi connectivity index (χ0v) is 17.5. The summed E-state index contributed by atoms with van der Waals surface area (Å²) in [6.07, 6.45) is 3.33. The van der Waals surface area contributed by atoms with Crippen LogP contribution in [-0.4, -0.2) is 16.1 Å².